The van der Waals surface area contributed by atoms with Gasteiger partial charge in [0, 0.05) is 25.5 Å². The lowest BCUT2D eigenvalue weighted by atomic mass is 10.1. The van der Waals surface area contributed by atoms with Crippen LogP contribution in [-0.4, -0.2) is 39.4 Å². The van der Waals surface area contributed by atoms with Crippen LogP contribution in [0.3, 0.4) is 0 Å². The number of aliphatic hydroxyl groups is 1. The molecule has 0 aliphatic heterocycles. The zero-order valence-electron chi connectivity index (χ0n) is 16.8. The Morgan fingerprint density at radius 2 is 1.90 bits per heavy atom. The summed E-state index contributed by atoms with van der Waals surface area (Å²) in [6.07, 6.45) is -2.31. The van der Waals surface area contributed by atoms with Crippen molar-refractivity contribution in [3.05, 3.63) is 59.5 Å². The monoisotopic (exact) mass is 434 g/mol. The molecule has 0 bridgehead atoms. The Labute approximate surface area is 176 Å². The van der Waals surface area contributed by atoms with Crippen LogP contribution in [-0.2, 0) is 12.7 Å². The molecule has 0 fully saturated rings. The number of nitrogens with one attached hydrogen (secondary N) is 3. The minimum absolute atomic E-state index is 0.0993. The van der Waals surface area contributed by atoms with E-state index in [1.165, 1.54) is 29.9 Å². The molecule has 0 unspecified atom stereocenters. The molecule has 0 radical (unpaired) electrons. The summed E-state index contributed by atoms with van der Waals surface area (Å²) in [5, 5.41) is 21.4. The van der Waals surface area contributed by atoms with Crippen LogP contribution < -0.4 is 16.0 Å². The van der Waals surface area contributed by atoms with E-state index in [0.717, 1.165) is 6.20 Å². The van der Waals surface area contributed by atoms with Crippen LogP contribution in [0.5, 0.6) is 0 Å². The number of nitrogens with zero attached hydrogens (tertiary/aromatic N) is 3. The second kappa shape index (κ2) is 9.04. The molecule has 11 heteroatoms. The van der Waals surface area contributed by atoms with Gasteiger partial charge in [-0.25, -0.2) is 4.98 Å². The van der Waals surface area contributed by atoms with Crippen molar-refractivity contribution in [2.45, 2.75) is 19.6 Å². The lowest BCUT2D eigenvalue weighted by Crippen LogP contribution is -2.19. The first-order chi connectivity index (χ1) is 14.7. The van der Waals surface area contributed by atoms with Crippen molar-refractivity contribution >= 4 is 28.8 Å². The maximum absolute atomic E-state index is 13.6. The van der Waals surface area contributed by atoms with E-state index in [-0.39, 0.29) is 35.9 Å². The summed E-state index contributed by atoms with van der Waals surface area (Å²) >= 11 is 0. The van der Waals surface area contributed by atoms with Gasteiger partial charge < -0.3 is 21.1 Å². The topological polar surface area (TPSA) is 104 Å². The first-order valence-corrected chi connectivity index (χ1v) is 9.30. The minimum atomic E-state index is -4.66. The van der Waals surface area contributed by atoms with Crippen LogP contribution in [0.4, 0.5) is 36.1 Å². The third-order valence-electron chi connectivity index (χ3n) is 4.42. The number of halogens is 3. The van der Waals surface area contributed by atoms with Crippen LogP contribution in [0.25, 0.3) is 0 Å². The van der Waals surface area contributed by atoms with Crippen molar-refractivity contribution in [3.8, 4) is 0 Å². The van der Waals surface area contributed by atoms with Crippen LogP contribution >= 0.6 is 0 Å². The SMILES string of the molecule is CNC(=O)c1ccccc1Nc1cc(Nc2cn(CCO)nc2C)ncc1C(F)(F)F. The molecule has 164 valence electrons. The van der Waals surface area contributed by atoms with Gasteiger partial charge >= 0.3 is 6.18 Å². The van der Waals surface area contributed by atoms with Gasteiger partial charge in [0.15, 0.2) is 0 Å². The Kier molecular flexibility index (Phi) is 6.44. The van der Waals surface area contributed by atoms with E-state index in [9.17, 15) is 18.0 Å². The lowest BCUT2D eigenvalue weighted by molar-refractivity contribution is -0.137. The molecule has 8 nitrogen and oxygen atoms in total. The molecule has 0 spiro atoms. The highest BCUT2D eigenvalue weighted by atomic mass is 19.4. The van der Waals surface area contributed by atoms with E-state index >= 15 is 0 Å². The van der Waals surface area contributed by atoms with Gasteiger partial charge in [-0.05, 0) is 19.1 Å². The number of carbonyl (C=O) groups excluding carboxylic acids is 1. The normalized spacial score (nSPS) is 11.3. The zero-order chi connectivity index (χ0) is 22.6. The second-order valence-corrected chi connectivity index (χ2v) is 6.60. The average Bonchev–Trinajstić information content (AvgIpc) is 3.06. The van der Waals surface area contributed by atoms with E-state index < -0.39 is 17.6 Å². The first kappa shape index (κ1) is 22.1. The number of hydrogen-bond acceptors (Lipinski definition) is 6. The first-order valence-electron chi connectivity index (χ1n) is 9.30. The Balaban J connectivity index is 1.98. The molecule has 2 heterocycles. The molecule has 0 aliphatic carbocycles. The Morgan fingerprint density at radius 1 is 1.16 bits per heavy atom. The van der Waals surface area contributed by atoms with Crippen molar-refractivity contribution in [2.75, 3.05) is 24.3 Å². The predicted molar refractivity (Wildman–Crippen MR) is 110 cm³/mol. The number of pyridine rings is 1. The summed E-state index contributed by atoms with van der Waals surface area (Å²) in [6.45, 7) is 1.91. The van der Waals surface area contributed by atoms with Crippen molar-refractivity contribution in [1.29, 1.82) is 0 Å². The molecule has 0 saturated heterocycles. The Morgan fingerprint density at radius 3 is 2.58 bits per heavy atom. The number of alkyl halides is 3. The summed E-state index contributed by atoms with van der Waals surface area (Å²) in [6, 6.07) is 7.47. The number of amides is 1. The minimum Gasteiger partial charge on any atom is -0.394 e. The molecular formula is C20H21F3N6O2. The van der Waals surface area contributed by atoms with Crippen molar-refractivity contribution < 1.29 is 23.1 Å². The summed E-state index contributed by atoms with van der Waals surface area (Å²) in [7, 11) is 1.44. The molecule has 31 heavy (non-hydrogen) atoms. The Bertz CT molecular complexity index is 1080. The van der Waals surface area contributed by atoms with E-state index in [1.807, 2.05) is 0 Å². The third kappa shape index (κ3) is 5.12. The molecular weight excluding hydrogens is 413 g/mol. The molecule has 0 aliphatic rings. The van der Waals surface area contributed by atoms with E-state index in [4.69, 9.17) is 5.11 Å². The van der Waals surface area contributed by atoms with E-state index in [0.29, 0.717) is 11.4 Å². The molecule has 1 aromatic carbocycles. The van der Waals surface area contributed by atoms with Gasteiger partial charge in [-0.15, -0.1) is 0 Å². The fourth-order valence-corrected chi connectivity index (χ4v) is 2.92. The van der Waals surface area contributed by atoms with Crippen LogP contribution in [0, 0.1) is 6.92 Å². The molecule has 0 saturated carbocycles. The highest BCUT2D eigenvalue weighted by Gasteiger charge is 2.34. The van der Waals surface area contributed by atoms with Gasteiger partial charge in [-0.3, -0.25) is 9.48 Å². The standard InChI is InChI=1S/C20H21F3N6O2/c1-12-17(11-29(28-12)7-8-30)27-18-9-16(14(10-25-18)20(21,22)23)26-15-6-4-3-5-13(15)19(31)24-2/h3-6,9-11,30H,7-8H2,1-2H3,(H,24,31)(H2,25,26,27). The molecule has 3 aromatic rings. The Hall–Kier alpha value is -3.60. The number of aromatic nitrogens is 3. The highest BCUT2D eigenvalue weighted by Crippen LogP contribution is 2.37. The molecule has 4 N–H and O–H groups in total. The number of hydrogen-bond donors (Lipinski definition) is 4. The van der Waals surface area contributed by atoms with Crippen molar-refractivity contribution in [2.24, 2.45) is 0 Å². The van der Waals surface area contributed by atoms with Crippen molar-refractivity contribution in [1.82, 2.24) is 20.1 Å². The number of rotatable bonds is 7. The number of para-hydroxylation sites is 1. The summed E-state index contributed by atoms with van der Waals surface area (Å²) in [5.74, 6) is -0.282. The molecule has 1 amide bonds. The van der Waals surface area contributed by atoms with Gasteiger partial charge in [0.05, 0.1) is 47.0 Å². The number of aliphatic hydroxyl groups excluding tert-OH is 1. The zero-order valence-corrected chi connectivity index (χ0v) is 16.8. The largest absolute Gasteiger partial charge is 0.419 e. The van der Waals surface area contributed by atoms with Gasteiger partial charge in [-0.2, -0.15) is 18.3 Å². The second-order valence-electron chi connectivity index (χ2n) is 6.60. The highest BCUT2D eigenvalue weighted by molar-refractivity contribution is 6.00. The smallest absolute Gasteiger partial charge is 0.394 e. The fraction of sp³-hybridized carbons (Fsp3) is 0.250. The molecule has 3 rings (SSSR count). The average molecular weight is 434 g/mol. The summed E-state index contributed by atoms with van der Waals surface area (Å²) in [4.78, 5) is 16.0. The van der Waals surface area contributed by atoms with Crippen LogP contribution in [0.15, 0.2) is 42.7 Å². The maximum atomic E-state index is 13.6. The third-order valence-corrected chi connectivity index (χ3v) is 4.42. The van der Waals surface area contributed by atoms with Gasteiger partial charge in [0.25, 0.3) is 5.91 Å². The van der Waals surface area contributed by atoms with E-state index in [2.05, 4.69) is 26.0 Å². The van der Waals surface area contributed by atoms with Gasteiger partial charge in [0.1, 0.15) is 5.82 Å². The summed E-state index contributed by atoms with van der Waals surface area (Å²) < 4.78 is 42.2. The van der Waals surface area contributed by atoms with Crippen LogP contribution in [0.1, 0.15) is 21.6 Å². The number of carbonyl (C=O) groups is 1. The maximum Gasteiger partial charge on any atom is 0.419 e. The lowest BCUT2D eigenvalue weighted by Gasteiger charge is -2.17. The van der Waals surface area contributed by atoms with Crippen LogP contribution in [0.2, 0.25) is 0 Å². The van der Waals surface area contributed by atoms with Gasteiger partial charge in [0.2, 0.25) is 0 Å². The fourth-order valence-electron chi connectivity index (χ4n) is 2.92. The van der Waals surface area contributed by atoms with Crippen molar-refractivity contribution in [3.63, 3.8) is 0 Å². The number of benzene rings is 1. The summed E-state index contributed by atoms with van der Waals surface area (Å²) in [5.41, 5.74) is 0.313. The molecule has 2 aromatic heterocycles. The van der Waals surface area contributed by atoms with E-state index in [1.54, 1.807) is 25.3 Å². The predicted octanol–water partition coefficient (Wildman–Crippen LogP) is 3.44. The molecule has 0 atom stereocenters. The van der Waals surface area contributed by atoms with Gasteiger partial charge in [-0.1, -0.05) is 12.1 Å². The quantitative estimate of drug-likeness (QED) is 0.454. The number of anilines is 4. The number of aryl methyl sites for hydroxylation is 1.